The standard InChI is InChI=1S/C16H23P/c1-12-9-10-16(13(2)11-12)17-14-5-3-6-15(17)8-4-7-14/h9-11,14-15H,3-8H2,1-2H3. The normalized spacial score (nSPS) is 32.5. The molecule has 92 valence electrons. The Morgan fingerprint density at radius 2 is 1.53 bits per heavy atom. The lowest BCUT2D eigenvalue weighted by Gasteiger charge is -2.44. The average Bonchev–Trinajstić information content (AvgIpc) is 2.28. The van der Waals surface area contributed by atoms with E-state index in [1.807, 2.05) is 0 Å². The Labute approximate surface area is 107 Å². The molecule has 1 aromatic carbocycles. The van der Waals surface area contributed by atoms with Crippen LogP contribution in [0.4, 0.5) is 0 Å². The first kappa shape index (κ1) is 11.7. The van der Waals surface area contributed by atoms with Gasteiger partial charge in [-0.1, -0.05) is 44.5 Å². The van der Waals surface area contributed by atoms with Crippen LogP contribution in [0.5, 0.6) is 0 Å². The van der Waals surface area contributed by atoms with E-state index in [4.69, 9.17) is 0 Å². The third kappa shape index (κ3) is 2.17. The second-order valence-corrected chi connectivity index (χ2v) is 8.62. The van der Waals surface area contributed by atoms with Crippen LogP contribution in [0.15, 0.2) is 18.2 Å². The Hall–Kier alpha value is -0.350. The lowest BCUT2D eigenvalue weighted by molar-refractivity contribution is 0.479. The van der Waals surface area contributed by atoms with Crippen molar-refractivity contribution in [2.45, 2.75) is 63.7 Å². The SMILES string of the molecule is Cc1ccc(P2C3CCCC2CCC3)c(C)c1. The van der Waals surface area contributed by atoms with E-state index in [1.54, 1.807) is 10.9 Å². The third-order valence-electron chi connectivity index (χ3n) is 4.57. The van der Waals surface area contributed by atoms with Crippen molar-refractivity contribution in [1.29, 1.82) is 0 Å². The van der Waals surface area contributed by atoms with Gasteiger partial charge in [-0.15, -0.1) is 0 Å². The fourth-order valence-corrected chi connectivity index (χ4v) is 7.75. The molecular formula is C16H23P. The highest BCUT2D eigenvalue weighted by molar-refractivity contribution is 7.67. The molecule has 0 amide bonds. The van der Waals surface area contributed by atoms with Crippen molar-refractivity contribution in [3.8, 4) is 0 Å². The maximum absolute atomic E-state index is 2.45. The number of hydrogen-bond donors (Lipinski definition) is 0. The fraction of sp³-hybridized carbons (Fsp3) is 0.625. The van der Waals surface area contributed by atoms with E-state index < -0.39 is 0 Å². The maximum Gasteiger partial charge on any atom is -0.0166 e. The number of benzene rings is 1. The summed E-state index contributed by atoms with van der Waals surface area (Å²) in [5.41, 5.74) is 5.09. The first-order valence-corrected chi connectivity index (χ1v) is 8.59. The van der Waals surface area contributed by atoms with E-state index >= 15 is 0 Å². The fourth-order valence-electron chi connectivity index (χ4n) is 3.81. The minimum absolute atomic E-state index is 0.162. The molecule has 0 unspecified atom stereocenters. The number of rotatable bonds is 1. The van der Waals surface area contributed by atoms with Crippen LogP contribution in [0.1, 0.15) is 49.7 Å². The highest BCUT2D eigenvalue weighted by atomic mass is 31.1. The number of aryl methyl sites for hydroxylation is 2. The van der Waals surface area contributed by atoms with Gasteiger partial charge in [0, 0.05) is 0 Å². The summed E-state index contributed by atoms with van der Waals surface area (Å²) >= 11 is 0. The number of hydrogen-bond acceptors (Lipinski definition) is 0. The molecule has 0 nitrogen and oxygen atoms in total. The van der Waals surface area contributed by atoms with Gasteiger partial charge < -0.3 is 0 Å². The Kier molecular flexibility index (Phi) is 3.26. The molecule has 1 heteroatoms. The van der Waals surface area contributed by atoms with Crippen molar-refractivity contribution in [2.75, 3.05) is 0 Å². The summed E-state index contributed by atoms with van der Waals surface area (Å²) < 4.78 is 0. The molecule has 0 aliphatic carbocycles. The van der Waals surface area contributed by atoms with Gasteiger partial charge in [0.1, 0.15) is 0 Å². The van der Waals surface area contributed by atoms with Crippen molar-refractivity contribution >= 4 is 13.2 Å². The third-order valence-corrected chi connectivity index (χ3v) is 8.23. The smallest absolute Gasteiger partial charge is 0.0166 e. The van der Waals surface area contributed by atoms with Gasteiger partial charge in [0.05, 0.1) is 0 Å². The summed E-state index contributed by atoms with van der Waals surface area (Å²) in [5, 5.41) is 1.74. The second kappa shape index (κ2) is 4.73. The highest BCUT2D eigenvalue weighted by Gasteiger charge is 2.37. The summed E-state index contributed by atoms with van der Waals surface area (Å²) in [7, 11) is 0.162. The van der Waals surface area contributed by atoms with E-state index in [2.05, 4.69) is 32.0 Å². The molecule has 1 aromatic rings. The number of fused-ring (bicyclic) bond motifs is 2. The lowest BCUT2D eigenvalue weighted by Crippen LogP contribution is -2.31. The zero-order valence-corrected chi connectivity index (χ0v) is 12.0. The minimum Gasteiger partial charge on any atom is -0.0687 e. The summed E-state index contributed by atoms with van der Waals surface area (Å²) in [4.78, 5) is 0. The molecule has 17 heavy (non-hydrogen) atoms. The van der Waals surface area contributed by atoms with E-state index in [0.717, 1.165) is 11.3 Å². The van der Waals surface area contributed by atoms with Crippen LogP contribution in [0.3, 0.4) is 0 Å². The molecule has 0 spiro atoms. The van der Waals surface area contributed by atoms with Crippen molar-refractivity contribution in [2.24, 2.45) is 0 Å². The lowest BCUT2D eigenvalue weighted by atomic mass is 9.99. The van der Waals surface area contributed by atoms with Crippen LogP contribution in [-0.4, -0.2) is 11.3 Å². The van der Waals surface area contributed by atoms with Gasteiger partial charge in [-0.05, 0) is 61.7 Å². The van der Waals surface area contributed by atoms with Crippen molar-refractivity contribution in [3.63, 3.8) is 0 Å². The zero-order chi connectivity index (χ0) is 11.8. The molecule has 0 atom stereocenters. The summed E-state index contributed by atoms with van der Waals surface area (Å²) in [6.45, 7) is 4.54. The topological polar surface area (TPSA) is 0 Å². The van der Waals surface area contributed by atoms with Gasteiger partial charge in [-0.25, -0.2) is 0 Å². The van der Waals surface area contributed by atoms with Crippen LogP contribution in [0.25, 0.3) is 0 Å². The monoisotopic (exact) mass is 246 g/mol. The first-order chi connectivity index (χ1) is 8.25. The molecule has 0 aromatic heterocycles. The summed E-state index contributed by atoms with van der Waals surface area (Å²) in [5.74, 6) is 0. The Morgan fingerprint density at radius 3 is 2.06 bits per heavy atom. The molecule has 2 fully saturated rings. The van der Waals surface area contributed by atoms with E-state index in [9.17, 15) is 0 Å². The molecule has 0 saturated carbocycles. The molecule has 2 saturated heterocycles. The minimum atomic E-state index is 0.162. The van der Waals surface area contributed by atoms with Crippen LogP contribution < -0.4 is 5.30 Å². The van der Waals surface area contributed by atoms with Crippen LogP contribution in [0, 0.1) is 13.8 Å². The molecule has 2 aliphatic heterocycles. The van der Waals surface area contributed by atoms with Crippen LogP contribution >= 0.6 is 7.92 Å². The quantitative estimate of drug-likeness (QED) is 0.639. The second-order valence-electron chi connectivity index (χ2n) is 5.87. The zero-order valence-electron chi connectivity index (χ0n) is 11.1. The van der Waals surface area contributed by atoms with Gasteiger partial charge in [-0.3, -0.25) is 0 Å². The van der Waals surface area contributed by atoms with Gasteiger partial charge in [0.25, 0.3) is 0 Å². The van der Waals surface area contributed by atoms with Gasteiger partial charge >= 0.3 is 0 Å². The molecule has 0 radical (unpaired) electrons. The van der Waals surface area contributed by atoms with E-state index in [1.165, 1.54) is 44.1 Å². The summed E-state index contributed by atoms with van der Waals surface area (Å²) in [6, 6.07) is 7.17. The van der Waals surface area contributed by atoms with Gasteiger partial charge in [-0.2, -0.15) is 0 Å². The first-order valence-electron chi connectivity index (χ1n) is 7.11. The van der Waals surface area contributed by atoms with Gasteiger partial charge in [0.2, 0.25) is 0 Å². The van der Waals surface area contributed by atoms with Crippen molar-refractivity contribution < 1.29 is 0 Å². The predicted octanol–water partition coefficient (Wildman–Crippen LogP) is 4.52. The Balaban J connectivity index is 1.96. The predicted molar refractivity (Wildman–Crippen MR) is 77.7 cm³/mol. The molecule has 3 rings (SSSR count). The molecule has 2 bridgehead atoms. The van der Waals surface area contributed by atoms with E-state index in [0.29, 0.717) is 0 Å². The van der Waals surface area contributed by atoms with Gasteiger partial charge in [0.15, 0.2) is 0 Å². The van der Waals surface area contributed by atoms with E-state index in [-0.39, 0.29) is 7.92 Å². The molecule has 2 aliphatic rings. The largest absolute Gasteiger partial charge is 0.0687 e. The Bertz CT molecular complexity index is 388. The molecule has 0 N–H and O–H groups in total. The van der Waals surface area contributed by atoms with Crippen LogP contribution in [0.2, 0.25) is 0 Å². The summed E-state index contributed by atoms with van der Waals surface area (Å²) in [6.07, 6.45) is 9.04. The average molecular weight is 246 g/mol. The Morgan fingerprint density at radius 1 is 0.941 bits per heavy atom. The molecule has 2 heterocycles. The van der Waals surface area contributed by atoms with Crippen LogP contribution in [-0.2, 0) is 0 Å². The maximum atomic E-state index is 2.45. The highest BCUT2D eigenvalue weighted by Crippen LogP contribution is 2.58. The van der Waals surface area contributed by atoms with Crippen molar-refractivity contribution in [1.82, 2.24) is 0 Å². The molecular weight excluding hydrogens is 223 g/mol. The van der Waals surface area contributed by atoms with Crippen molar-refractivity contribution in [3.05, 3.63) is 29.3 Å².